The monoisotopic (exact) mass is 531 g/mol. The fourth-order valence-electron chi connectivity index (χ4n) is 5.53. The van der Waals surface area contributed by atoms with Gasteiger partial charge < -0.3 is 24.1 Å². The topological polar surface area (TPSA) is 84.1 Å². The summed E-state index contributed by atoms with van der Waals surface area (Å²) < 4.78 is 53.6. The highest BCUT2D eigenvalue weighted by atomic mass is 19.4. The van der Waals surface area contributed by atoms with E-state index in [1.54, 1.807) is 12.0 Å². The predicted molar refractivity (Wildman–Crippen MR) is 132 cm³/mol. The maximum Gasteiger partial charge on any atom is 0.490 e. The summed E-state index contributed by atoms with van der Waals surface area (Å²) in [7, 11) is 1.59. The second kappa shape index (κ2) is 10.2. The first-order chi connectivity index (χ1) is 18.2. The van der Waals surface area contributed by atoms with Crippen LogP contribution in [-0.4, -0.2) is 79.3 Å². The van der Waals surface area contributed by atoms with Crippen LogP contribution in [0.25, 0.3) is 10.9 Å². The van der Waals surface area contributed by atoms with Crippen molar-refractivity contribution in [2.45, 2.75) is 24.6 Å². The van der Waals surface area contributed by atoms with Crippen LogP contribution in [-0.2, 0) is 26.3 Å². The van der Waals surface area contributed by atoms with Crippen LogP contribution in [0, 0.1) is 0 Å². The molecule has 1 amide bonds. The van der Waals surface area contributed by atoms with Crippen LogP contribution < -0.4 is 9.47 Å². The van der Waals surface area contributed by atoms with E-state index < -0.39 is 30.2 Å². The minimum Gasteiger partial charge on any atom is -0.497 e. The van der Waals surface area contributed by atoms with E-state index in [1.165, 1.54) is 0 Å². The van der Waals surface area contributed by atoms with Crippen LogP contribution >= 0.6 is 0 Å². The van der Waals surface area contributed by atoms with Gasteiger partial charge >= 0.3 is 12.1 Å². The molecule has 2 aromatic carbocycles. The number of aromatic amines is 1. The van der Waals surface area contributed by atoms with E-state index in [4.69, 9.17) is 9.47 Å². The number of H-pyrrole nitrogens is 1. The largest absolute Gasteiger partial charge is 0.497 e. The Morgan fingerprint density at radius 1 is 1.08 bits per heavy atom. The molecule has 1 unspecified atom stereocenters. The SMILES string of the molecule is COc1ccc2[nH]c3c(c2c1)CCN(C(=O)COC(=O)C(F)(F)F)C31CCN(CCOc2ccccc2)C1. The minimum atomic E-state index is -5.16. The summed E-state index contributed by atoms with van der Waals surface area (Å²) in [5.41, 5.74) is 1.99. The average Bonchev–Trinajstić information content (AvgIpc) is 3.50. The summed E-state index contributed by atoms with van der Waals surface area (Å²) >= 11 is 0. The van der Waals surface area contributed by atoms with E-state index in [2.05, 4.69) is 14.6 Å². The highest BCUT2D eigenvalue weighted by Gasteiger charge is 2.51. The molecule has 0 saturated carbocycles. The molecule has 5 rings (SSSR count). The van der Waals surface area contributed by atoms with Crippen molar-refractivity contribution in [1.29, 1.82) is 0 Å². The van der Waals surface area contributed by atoms with Gasteiger partial charge in [0.25, 0.3) is 5.91 Å². The number of nitrogens with one attached hydrogen (secondary N) is 1. The number of amides is 1. The van der Waals surface area contributed by atoms with Gasteiger partial charge in [0.2, 0.25) is 0 Å². The number of esters is 1. The molecule has 11 heteroatoms. The molecule has 1 spiro atoms. The third kappa shape index (κ3) is 4.90. The van der Waals surface area contributed by atoms with E-state index in [1.807, 2.05) is 48.5 Å². The maximum absolute atomic E-state index is 13.2. The molecule has 2 aliphatic heterocycles. The lowest BCUT2D eigenvalue weighted by Gasteiger charge is -2.44. The van der Waals surface area contributed by atoms with E-state index >= 15 is 0 Å². The number of methoxy groups -OCH3 is 1. The number of rotatable bonds is 7. The van der Waals surface area contributed by atoms with Gasteiger partial charge in [-0.25, -0.2) is 4.79 Å². The second-order valence-corrected chi connectivity index (χ2v) is 9.48. The zero-order valence-electron chi connectivity index (χ0n) is 20.8. The van der Waals surface area contributed by atoms with Gasteiger partial charge in [0.05, 0.1) is 12.6 Å². The number of hydrogen-bond donors (Lipinski definition) is 1. The Bertz CT molecular complexity index is 1330. The van der Waals surface area contributed by atoms with Gasteiger partial charge in [0, 0.05) is 42.8 Å². The molecule has 202 valence electrons. The van der Waals surface area contributed by atoms with Gasteiger partial charge in [-0.2, -0.15) is 13.2 Å². The molecule has 1 N–H and O–H groups in total. The Labute approximate surface area is 217 Å². The Morgan fingerprint density at radius 3 is 2.61 bits per heavy atom. The van der Waals surface area contributed by atoms with Crippen molar-refractivity contribution >= 4 is 22.8 Å². The van der Waals surface area contributed by atoms with Gasteiger partial charge in [-0.3, -0.25) is 9.69 Å². The van der Waals surface area contributed by atoms with E-state index in [0.29, 0.717) is 44.8 Å². The quantitative estimate of drug-likeness (QED) is 0.469. The van der Waals surface area contributed by atoms with Crippen molar-refractivity contribution in [3.8, 4) is 11.5 Å². The number of likely N-dealkylation sites (tertiary alicyclic amines) is 1. The molecule has 3 aromatic rings. The lowest BCUT2D eigenvalue weighted by Crippen LogP contribution is -2.56. The fraction of sp³-hybridized carbons (Fsp3) is 0.407. The number of carbonyl (C=O) groups excluding carboxylic acids is 2. The first-order valence-electron chi connectivity index (χ1n) is 12.3. The molecule has 2 aliphatic rings. The smallest absolute Gasteiger partial charge is 0.490 e. The summed E-state index contributed by atoms with van der Waals surface area (Å²) in [6.07, 6.45) is -4.10. The number of halogens is 3. The van der Waals surface area contributed by atoms with Gasteiger partial charge in [-0.05, 0) is 48.7 Å². The number of alkyl halides is 3. The molecule has 1 saturated heterocycles. The zero-order valence-corrected chi connectivity index (χ0v) is 20.8. The molecule has 1 atom stereocenters. The zero-order chi connectivity index (χ0) is 26.9. The summed E-state index contributed by atoms with van der Waals surface area (Å²) in [6.45, 7) is 1.47. The van der Waals surface area contributed by atoms with Crippen LogP contribution in [0.1, 0.15) is 17.7 Å². The van der Waals surface area contributed by atoms with Gasteiger partial charge in [0.15, 0.2) is 6.61 Å². The van der Waals surface area contributed by atoms with Crippen molar-refractivity contribution in [3.63, 3.8) is 0 Å². The predicted octanol–water partition coefficient (Wildman–Crippen LogP) is 3.65. The number of nitrogens with zero attached hydrogens (tertiary/aromatic N) is 2. The molecule has 8 nitrogen and oxygen atoms in total. The number of fused-ring (bicyclic) bond motifs is 4. The van der Waals surface area contributed by atoms with Crippen molar-refractivity contribution in [1.82, 2.24) is 14.8 Å². The number of benzene rings is 2. The number of aromatic nitrogens is 1. The lowest BCUT2D eigenvalue weighted by molar-refractivity contribution is -0.201. The molecule has 1 fully saturated rings. The fourth-order valence-corrected chi connectivity index (χ4v) is 5.53. The number of para-hydroxylation sites is 1. The molecule has 0 radical (unpaired) electrons. The number of carbonyl (C=O) groups is 2. The molecule has 1 aromatic heterocycles. The Morgan fingerprint density at radius 2 is 1.87 bits per heavy atom. The maximum atomic E-state index is 13.2. The summed E-state index contributed by atoms with van der Waals surface area (Å²) in [4.78, 5) is 31.7. The molecular weight excluding hydrogens is 503 g/mol. The van der Waals surface area contributed by atoms with E-state index in [-0.39, 0.29) is 6.54 Å². The van der Waals surface area contributed by atoms with Crippen molar-refractivity contribution < 1.29 is 37.0 Å². The third-order valence-corrected chi connectivity index (χ3v) is 7.29. The van der Waals surface area contributed by atoms with Crippen molar-refractivity contribution in [2.75, 3.05) is 46.5 Å². The Balaban J connectivity index is 1.41. The van der Waals surface area contributed by atoms with Crippen molar-refractivity contribution in [3.05, 3.63) is 59.8 Å². The highest BCUT2D eigenvalue weighted by Crippen LogP contribution is 2.45. The summed E-state index contributed by atoms with van der Waals surface area (Å²) in [5, 5.41) is 0.986. The molecular formula is C27H28F3N3O5. The van der Waals surface area contributed by atoms with Gasteiger partial charge in [-0.15, -0.1) is 0 Å². The first kappa shape index (κ1) is 25.9. The normalized spacial score (nSPS) is 19.5. The van der Waals surface area contributed by atoms with Gasteiger partial charge in [-0.1, -0.05) is 18.2 Å². The first-order valence-corrected chi connectivity index (χ1v) is 12.3. The van der Waals surface area contributed by atoms with E-state index in [9.17, 15) is 22.8 Å². The standard InChI is InChI=1S/C27H28F3N3O5/c1-36-19-7-8-22-21(15-19)20-9-11-33(23(34)16-38-25(35)27(28,29)30)26(24(20)31-22)10-12-32(17-26)13-14-37-18-5-3-2-4-6-18/h2-8,15,31H,9-14,16-17H2,1H3. The van der Waals surface area contributed by atoms with Crippen LogP contribution in [0.5, 0.6) is 11.5 Å². The minimum absolute atomic E-state index is 0.286. The lowest BCUT2D eigenvalue weighted by atomic mass is 9.83. The Kier molecular flexibility index (Phi) is 6.95. The Hall–Kier alpha value is -3.73. The average molecular weight is 532 g/mol. The highest BCUT2D eigenvalue weighted by molar-refractivity contribution is 5.88. The number of hydrogen-bond acceptors (Lipinski definition) is 6. The molecule has 0 bridgehead atoms. The second-order valence-electron chi connectivity index (χ2n) is 9.48. The number of ether oxygens (including phenoxy) is 3. The van der Waals surface area contributed by atoms with Gasteiger partial charge in [0.1, 0.15) is 18.1 Å². The molecule has 3 heterocycles. The summed E-state index contributed by atoms with van der Waals surface area (Å²) in [5.74, 6) is -1.57. The van der Waals surface area contributed by atoms with Crippen LogP contribution in [0.3, 0.4) is 0 Å². The van der Waals surface area contributed by atoms with Crippen LogP contribution in [0.4, 0.5) is 13.2 Å². The van der Waals surface area contributed by atoms with Crippen LogP contribution in [0.15, 0.2) is 48.5 Å². The van der Waals surface area contributed by atoms with Crippen LogP contribution in [0.2, 0.25) is 0 Å². The molecule has 38 heavy (non-hydrogen) atoms. The summed E-state index contributed by atoms with van der Waals surface area (Å²) in [6, 6.07) is 15.1. The third-order valence-electron chi connectivity index (χ3n) is 7.29. The van der Waals surface area contributed by atoms with Crippen molar-refractivity contribution in [2.24, 2.45) is 0 Å². The molecule has 0 aliphatic carbocycles. The van der Waals surface area contributed by atoms with E-state index in [0.717, 1.165) is 27.9 Å².